The smallest absolute Gasteiger partial charge is 0.200 e. The van der Waals surface area contributed by atoms with Crippen molar-refractivity contribution in [1.82, 2.24) is 0 Å². The number of hydrogen-bond acceptors (Lipinski definition) is 2. The van der Waals surface area contributed by atoms with Gasteiger partial charge in [-0.15, -0.1) is 0 Å². The third kappa shape index (κ3) is 1.44. The van der Waals surface area contributed by atoms with Crippen LogP contribution in [0, 0.1) is 0 Å². The van der Waals surface area contributed by atoms with Gasteiger partial charge in [0.05, 0.1) is 6.10 Å². The highest BCUT2D eigenvalue weighted by molar-refractivity contribution is 6.21. The summed E-state index contributed by atoms with van der Waals surface area (Å²) in [5.41, 5.74) is -0.166. The molecule has 2 nitrogen and oxygen atoms in total. The molecular formula is C7H11ClO2. The summed E-state index contributed by atoms with van der Waals surface area (Å²) < 4.78 is 10.4. The first-order valence-corrected chi connectivity index (χ1v) is 4.25. The third-order valence-corrected chi connectivity index (χ3v) is 2.34. The first-order chi connectivity index (χ1) is 4.86. The second kappa shape index (κ2) is 2.68. The number of alkyl halides is 1. The second-order valence-electron chi connectivity index (χ2n) is 2.90. The van der Waals surface area contributed by atoms with Crippen molar-refractivity contribution >= 4 is 11.6 Å². The van der Waals surface area contributed by atoms with Crippen molar-refractivity contribution in [2.45, 2.75) is 43.6 Å². The van der Waals surface area contributed by atoms with Crippen molar-refractivity contribution in [2.24, 2.45) is 0 Å². The van der Waals surface area contributed by atoms with E-state index in [2.05, 4.69) is 0 Å². The minimum absolute atomic E-state index is 0.0928. The molecule has 0 aromatic carbocycles. The Kier molecular flexibility index (Phi) is 1.85. The molecule has 2 atom stereocenters. The van der Waals surface area contributed by atoms with Gasteiger partial charge in [-0.25, -0.2) is 0 Å². The zero-order valence-electron chi connectivity index (χ0n) is 5.75. The van der Waals surface area contributed by atoms with Crippen molar-refractivity contribution in [3.63, 3.8) is 0 Å². The lowest BCUT2D eigenvalue weighted by atomic mass is 10.3. The van der Waals surface area contributed by atoms with Crippen LogP contribution in [0.2, 0.25) is 0 Å². The van der Waals surface area contributed by atoms with Gasteiger partial charge in [0.15, 0.2) is 11.9 Å². The highest BCUT2D eigenvalue weighted by atomic mass is 35.5. The first kappa shape index (κ1) is 6.89. The molecule has 0 radical (unpaired) electrons. The van der Waals surface area contributed by atoms with Crippen LogP contribution < -0.4 is 0 Å². The molecule has 0 bridgehead atoms. The van der Waals surface area contributed by atoms with Gasteiger partial charge in [-0.2, -0.15) is 0 Å². The predicted octanol–water partition coefficient (Wildman–Crippen LogP) is 1.87. The normalized spacial score (nSPS) is 40.5. The topological polar surface area (TPSA) is 21.8 Å². The van der Waals surface area contributed by atoms with Crippen molar-refractivity contribution in [1.29, 1.82) is 0 Å². The summed E-state index contributed by atoms with van der Waals surface area (Å²) in [6.07, 6.45) is 5.29. The number of halogens is 1. The van der Waals surface area contributed by atoms with E-state index in [1.54, 1.807) is 0 Å². The van der Waals surface area contributed by atoms with Crippen LogP contribution in [0.3, 0.4) is 0 Å². The first-order valence-electron chi connectivity index (χ1n) is 3.81. The van der Waals surface area contributed by atoms with Gasteiger partial charge >= 0.3 is 0 Å². The molecule has 0 amide bonds. The van der Waals surface area contributed by atoms with Gasteiger partial charge in [0.1, 0.15) is 0 Å². The van der Waals surface area contributed by atoms with E-state index < -0.39 is 0 Å². The highest BCUT2D eigenvalue weighted by Crippen LogP contribution is 2.32. The van der Waals surface area contributed by atoms with Crippen molar-refractivity contribution in [3.8, 4) is 0 Å². The fourth-order valence-corrected chi connectivity index (χ4v) is 1.55. The summed E-state index contributed by atoms with van der Waals surface area (Å²) in [6.45, 7) is 0. The average Bonchev–Trinajstić information content (AvgIpc) is 2.48. The Balaban J connectivity index is 1.70. The zero-order chi connectivity index (χ0) is 6.97. The maximum absolute atomic E-state index is 5.58. The van der Waals surface area contributed by atoms with E-state index in [1.165, 1.54) is 25.7 Å². The number of rotatable bonds is 2. The van der Waals surface area contributed by atoms with Crippen LogP contribution in [0.1, 0.15) is 25.7 Å². The zero-order valence-corrected chi connectivity index (χ0v) is 6.51. The Morgan fingerprint density at radius 3 is 2.40 bits per heavy atom. The van der Waals surface area contributed by atoms with Crippen LogP contribution in [-0.2, 0) is 9.47 Å². The lowest BCUT2D eigenvalue weighted by molar-refractivity contribution is -0.00694. The summed E-state index contributed by atoms with van der Waals surface area (Å²) in [5, 5.41) is 0. The monoisotopic (exact) mass is 162 g/mol. The van der Waals surface area contributed by atoms with Gasteiger partial charge in [-0.05, 0) is 12.8 Å². The largest absolute Gasteiger partial charge is 0.345 e. The van der Waals surface area contributed by atoms with Gasteiger partial charge in [-0.1, -0.05) is 24.4 Å². The summed E-state index contributed by atoms with van der Waals surface area (Å²) in [6, 6.07) is 0. The molecule has 3 heteroatoms. The van der Waals surface area contributed by atoms with Crippen LogP contribution in [0.25, 0.3) is 0 Å². The van der Waals surface area contributed by atoms with Gasteiger partial charge in [0.2, 0.25) is 0 Å². The van der Waals surface area contributed by atoms with E-state index in [-0.39, 0.29) is 11.9 Å². The van der Waals surface area contributed by atoms with Gasteiger partial charge in [0, 0.05) is 0 Å². The van der Waals surface area contributed by atoms with Gasteiger partial charge in [-0.3, -0.25) is 0 Å². The fraction of sp³-hybridized carbons (Fsp3) is 1.00. The molecule has 2 fully saturated rings. The molecular weight excluding hydrogens is 152 g/mol. The molecule has 0 aromatic heterocycles. The van der Waals surface area contributed by atoms with Crippen LogP contribution in [-0.4, -0.2) is 18.0 Å². The molecule has 1 heterocycles. The summed E-state index contributed by atoms with van der Waals surface area (Å²) in [7, 11) is 0. The Morgan fingerprint density at radius 2 is 1.90 bits per heavy atom. The van der Waals surface area contributed by atoms with Gasteiger partial charge < -0.3 is 9.47 Å². The van der Waals surface area contributed by atoms with Crippen LogP contribution in [0.15, 0.2) is 0 Å². The maximum Gasteiger partial charge on any atom is 0.200 e. The molecule has 1 aliphatic carbocycles. The number of epoxide rings is 1. The molecule has 1 aliphatic heterocycles. The molecule has 2 aliphatic rings. The second-order valence-corrected chi connectivity index (χ2v) is 3.33. The van der Waals surface area contributed by atoms with E-state index in [4.69, 9.17) is 21.1 Å². The Morgan fingerprint density at radius 1 is 1.30 bits per heavy atom. The van der Waals surface area contributed by atoms with Crippen LogP contribution in [0.4, 0.5) is 0 Å². The van der Waals surface area contributed by atoms with E-state index in [1.807, 2.05) is 0 Å². The number of hydrogen-bond donors (Lipinski definition) is 0. The Hall–Kier alpha value is 0.210. The summed E-state index contributed by atoms with van der Waals surface area (Å²) in [5.74, 6) is 0. The van der Waals surface area contributed by atoms with E-state index >= 15 is 0 Å². The van der Waals surface area contributed by atoms with E-state index in [9.17, 15) is 0 Å². The molecule has 0 N–H and O–H groups in total. The Labute approximate surface area is 65.4 Å². The van der Waals surface area contributed by atoms with Crippen molar-refractivity contribution in [2.75, 3.05) is 0 Å². The van der Waals surface area contributed by atoms with Crippen molar-refractivity contribution in [3.05, 3.63) is 0 Å². The SMILES string of the molecule is ClC1OC1OC1CCCC1. The van der Waals surface area contributed by atoms with Crippen LogP contribution >= 0.6 is 11.6 Å². The molecule has 1 saturated heterocycles. The quantitative estimate of drug-likeness (QED) is 0.457. The summed E-state index contributed by atoms with van der Waals surface area (Å²) >= 11 is 5.58. The van der Waals surface area contributed by atoms with E-state index in [0.29, 0.717) is 6.10 Å². The highest BCUT2D eigenvalue weighted by Gasteiger charge is 2.40. The lowest BCUT2D eigenvalue weighted by Gasteiger charge is -2.06. The lowest BCUT2D eigenvalue weighted by Crippen LogP contribution is -2.10. The standard InChI is InChI=1S/C7H11ClO2/c8-6-7(10-6)9-5-3-1-2-4-5/h5-7H,1-4H2. The average molecular weight is 163 g/mol. The predicted molar refractivity (Wildman–Crippen MR) is 37.9 cm³/mol. The van der Waals surface area contributed by atoms with Gasteiger partial charge in [0.25, 0.3) is 0 Å². The fourth-order valence-electron chi connectivity index (χ4n) is 1.39. The molecule has 1 saturated carbocycles. The van der Waals surface area contributed by atoms with Crippen molar-refractivity contribution < 1.29 is 9.47 Å². The van der Waals surface area contributed by atoms with Crippen LogP contribution in [0.5, 0.6) is 0 Å². The molecule has 2 rings (SSSR count). The maximum atomic E-state index is 5.58. The Bertz CT molecular complexity index is 123. The molecule has 58 valence electrons. The molecule has 0 spiro atoms. The molecule has 2 unspecified atom stereocenters. The molecule has 10 heavy (non-hydrogen) atoms. The molecule has 0 aromatic rings. The minimum atomic E-state index is -0.166. The van der Waals surface area contributed by atoms with E-state index in [0.717, 1.165) is 0 Å². The number of ether oxygens (including phenoxy) is 2. The minimum Gasteiger partial charge on any atom is -0.345 e. The summed E-state index contributed by atoms with van der Waals surface area (Å²) in [4.78, 5) is 0. The third-order valence-electron chi connectivity index (χ3n) is 2.03.